The standard InChI is InChI=1S/C17H19N3O4S.ClH/c21-20(22)16-8-4-5-9-17(16)25(23,24)19-12-10-18(11-13-19)14-15-6-2-1-3-7-15;/h1-9H,10-14H2;1H. The van der Waals surface area contributed by atoms with Crippen LogP contribution < -0.4 is 0 Å². The topological polar surface area (TPSA) is 83.8 Å². The van der Waals surface area contributed by atoms with Gasteiger partial charge >= 0.3 is 0 Å². The van der Waals surface area contributed by atoms with Crippen LogP contribution in [-0.4, -0.2) is 48.7 Å². The maximum atomic E-state index is 12.8. The van der Waals surface area contributed by atoms with Crippen molar-refractivity contribution >= 4 is 28.1 Å². The molecule has 0 radical (unpaired) electrons. The Kier molecular flexibility index (Phi) is 6.71. The van der Waals surface area contributed by atoms with E-state index in [9.17, 15) is 18.5 Å². The second-order valence-corrected chi connectivity index (χ2v) is 7.80. The molecule has 0 aromatic heterocycles. The lowest BCUT2D eigenvalue weighted by atomic mass is 10.2. The van der Waals surface area contributed by atoms with Crippen LogP contribution in [-0.2, 0) is 16.6 Å². The number of halogens is 1. The first-order valence-electron chi connectivity index (χ1n) is 7.98. The zero-order chi connectivity index (χ0) is 17.9. The van der Waals surface area contributed by atoms with E-state index in [-0.39, 0.29) is 23.0 Å². The van der Waals surface area contributed by atoms with Crippen molar-refractivity contribution in [3.8, 4) is 0 Å². The molecule has 0 spiro atoms. The summed E-state index contributed by atoms with van der Waals surface area (Å²) in [6.07, 6.45) is 0. The smallest absolute Gasteiger partial charge is 0.289 e. The van der Waals surface area contributed by atoms with Crippen LogP contribution >= 0.6 is 12.4 Å². The van der Waals surface area contributed by atoms with E-state index in [1.807, 2.05) is 30.3 Å². The van der Waals surface area contributed by atoms with Gasteiger partial charge in [-0.2, -0.15) is 4.31 Å². The van der Waals surface area contributed by atoms with Crippen molar-refractivity contribution < 1.29 is 13.3 Å². The summed E-state index contributed by atoms with van der Waals surface area (Å²) in [5.41, 5.74) is 0.798. The summed E-state index contributed by atoms with van der Waals surface area (Å²) >= 11 is 0. The Morgan fingerprint density at radius 1 is 0.923 bits per heavy atom. The highest BCUT2D eigenvalue weighted by Gasteiger charge is 2.33. The molecule has 26 heavy (non-hydrogen) atoms. The first kappa shape index (κ1) is 20.3. The first-order chi connectivity index (χ1) is 12.0. The minimum absolute atomic E-state index is 0. The third-order valence-corrected chi connectivity index (χ3v) is 6.21. The third kappa shape index (κ3) is 4.39. The number of benzene rings is 2. The van der Waals surface area contributed by atoms with Crippen LogP contribution in [0.15, 0.2) is 59.5 Å². The molecule has 9 heteroatoms. The summed E-state index contributed by atoms with van der Waals surface area (Å²) in [6, 6.07) is 15.5. The summed E-state index contributed by atoms with van der Waals surface area (Å²) in [5.74, 6) is 0. The largest absolute Gasteiger partial charge is 0.296 e. The van der Waals surface area contributed by atoms with Crippen molar-refractivity contribution in [2.75, 3.05) is 26.2 Å². The minimum atomic E-state index is -3.87. The molecular weight excluding hydrogens is 378 g/mol. The van der Waals surface area contributed by atoms with Crippen LogP contribution in [0.4, 0.5) is 5.69 Å². The van der Waals surface area contributed by atoms with Gasteiger partial charge in [-0.25, -0.2) is 8.42 Å². The number of nitro groups is 1. The predicted molar refractivity (Wildman–Crippen MR) is 101 cm³/mol. The fraction of sp³-hybridized carbons (Fsp3) is 0.294. The van der Waals surface area contributed by atoms with Gasteiger partial charge in [0, 0.05) is 38.8 Å². The maximum absolute atomic E-state index is 12.8. The molecule has 3 rings (SSSR count). The minimum Gasteiger partial charge on any atom is -0.296 e. The van der Waals surface area contributed by atoms with Crippen LogP contribution in [0, 0.1) is 10.1 Å². The Morgan fingerprint density at radius 3 is 2.12 bits per heavy atom. The molecule has 0 saturated carbocycles. The average molecular weight is 398 g/mol. The third-order valence-electron chi connectivity index (χ3n) is 4.26. The molecule has 0 N–H and O–H groups in total. The van der Waals surface area contributed by atoms with E-state index < -0.39 is 14.9 Å². The molecule has 0 bridgehead atoms. The van der Waals surface area contributed by atoms with Gasteiger partial charge in [0.15, 0.2) is 4.90 Å². The Hall–Kier alpha value is -2.00. The lowest BCUT2D eigenvalue weighted by Crippen LogP contribution is -2.48. The summed E-state index contributed by atoms with van der Waals surface area (Å²) in [6.45, 7) is 2.59. The summed E-state index contributed by atoms with van der Waals surface area (Å²) in [4.78, 5) is 12.4. The van der Waals surface area contributed by atoms with Gasteiger partial charge in [-0.3, -0.25) is 15.0 Å². The van der Waals surface area contributed by atoms with Crippen LogP contribution in [0.25, 0.3) is 0 Å². The Morgan fingerprint density at radius 2 is 1.50 bits per heavy atom. The lowest BCUT2D eigenvalue weighted by Gasteiger charge is -2.33. The van der Waals surface area contributed by atoms with E-state index >= 15 is 0 Å². The molecule has 2 aromatic carbocycles. The number of nitro benzene ring substituents is 1. The van der Waals surface area contributed by atoms with E-state index in [0.29, 0.717) is 26.2 Å². The summed E-state index contributed by atoms with van der Waals surface area (Å²) < 4.78 is 26.9. The molecule has 1 heterocycles. The van der Waals surface area contributed by atoms with E-state index in [2.05, 4.69) is 4.90 Å². The van der Waals surface area contributed by atoms with Crippen molar-refractivity contribution in [2.45, 2.75) is 11.4 Å². The van der Waals surface area contributed by atoms with Gasteiger partial charge in [-0.1, -0.05) is 42.5 Å². The zero-order valence-corrected chi connectivity index (χ0v) is 15.7. The summed E-state index contributed by atoms with van der Waals surface area (Å²) in [5, 5.41) is 11.1. The average Bonchev–Trinajstić information content (AvgIpc) is 2.63. The molecule has 1 fully saturated rings. The number of hydrogen-bond donors (Lipinski definition) is 0. The number of rotatable bonds is 5. The fourth-order valence-corrected chi connectivity index (χ4v) is 4.51. The molecule has 0 aliphatic carbocycles. The van der Waals surface area contributed by atoms with Crippen molar-refractivity contribution in [3.05, 3.63) is 70.3 Å². The Balaban J connectivity index is 0.00000243. The molecule has 1 aliphatic heterocycles. The zero-order valence-electron chi connectivity index (χ0n) is 14.0. The normalized spacial score (nSPS) is 16.0. The van der Waals surface area contributed by atoms with Crippen LogP contribution in [0.5, 0.6) is 0 Å². The number of hydrogen-bond acceptors (Lipinski definition) is 5. The van der Waals surface area contributed by atoms with Gasteiger partial charge in [-0.15, -0.1) is 12.4 Å². The van der Waals surface area contributed by atoms with Gasteiger partial charge in [0.25, 0.3) is 5.69 Å². The number of para-hydroxylation sites is 1. The van der Waals surface area contributed by atoms with E-state index in [0.717, 1.165) is 6.54 Å². The van der Waals surface area contributed by atoms with Gasteiger partial charge < -0.3 is 0 Å². The molecule has 140 valence electrons. The van der Waals surface area contributed by atoms with Crippen LogP contribution in [0.1, 0.15) is 5.56 Å². The number of nitrogens with zero attached hydrogens (tertiary/aromatic N) is 3. The van der Waals surface area contributed by atoms with Crippen molar-refractivity contribution in [1.82, 2.24) is 9.21 Å². The Labute approximate surface area is 158 Å². The molecule has 0 atom stereocenters. The number of piperazine rings is 1. The molecule has 7 nitrogen and oxygen atoms in total. The number of sulfonamides is 1. The Bertz CT molecular complexity index is 853. The molecule has 1 aliphatic rings. The maximum Gasteiger partial charge on any atom is 0.289 e. The first-order valence-corrected chi connectivity index (χ1v) is 9.42. The summed E-state index contributed by atoms with van der Waals surface area (Å²) in [7, 11) is -3.87. The van der Waals surface area contributed by atoms with Crippen LogP contribution in [0.3, 0.4) is 0 Å². The molecule has 2 aromatic rings. The SMILES string of the molecule is Cl.O=[N+]([O-])c1ccccc1S(=O)(=O)N1CCN(Cc2ccccc2)CC1. The van der Waals surface area contributed by atoms with Gasteiger partial charge in [-0.05, 0) is 11.6 Å². The predicted octanol–water partition coefficient (Wildman–Crippen LogP) is 2.52. The van der Waals surface area contributed by atoms with E-state index in [4.69, 9.17) is 0 Å². The quantitative estimate of drug-likeness (QED) is 0.571. The van der Waals surface area contributed by atoms with Crippen LogP contribution in [0.2, 0.25) is 0 Å². The van der Waals surface area contributed by atoms with Crippen molar-refractivity contribution in [3.63, 3.8) is 0 Å². The lowest BCUT2D eigenvalue weighted by molar-refractivity contribution is -0.387. The van der Waals surface area contributed by atoms with Gasteiger partial charge in [0.05, 0.1) is 4.92 Å². The second kappa shape index (κ2) is 8.59. The monoisotopic (exact) mass is 397 g/mol. The highest BCUT2D eigenvalue weighted by atomic mass is 35.5. The molecule has 0 unspecified atom stereocenters. The molecule has 1 saturated heterocycles. The highest BCUT2D eigenvalue weighted by Crippen LogP contribution is 2.27. The molecular formula is C17H20ClN3O4S. The van der Waals surface area contributed by atoms with Gasteiger partial charge in [0.1, 0.15) is 0 Å². The van der Waals surface area contributed by atoms with E-state index in [1.54, 1.807) is 0 Å². The second-order valence-electron chi connectivity index (χ2n) is 5.89. The van der Waals surface area contributed by atoms with Crippen molar-refractivity contribution in [2.24, 2.45) is 0 Å². The van der Waals surface area contributed by atoms with Crippen molar-refractivity contribution in [1.29, 1.82) is 0 Å². The van der Waals surface area contributed by atoms with E-state index in [1.165, 1.54) is 34.1 Å². The molecule has 0 amide bonds. The van der Waals surface area contributed by atoms with Gasteiger partial charge in [0.2, 0.25) is 10.0 Å². The highest BCUT2D eigenvalue weighted by molar-refractivity contribution is 7.89. The fourth-order valence-electron chi connectivity index (χ4n) is 2.93.